The van der Waals surface area contributed by atoms with Crippen LogP contribution in [-0.2, 0) is 7.05 Å². The number of hydrogen-bond donors (Lipinski definition) is 2. The number of aliphatic hydroxyl groups is 1. The zero-order chi connectivity index (χ0) is 12.0. The number of nitrogens with two attached hydrogens (primary N) is 1. The SMILES string of the molecule is Cn1cnc2cc(C(N)C3(CO)CC3)ccc21. The molecule has 17 heavy (non-hydrogen) atoms. The molecule has 90 valence electrons. The third-order valence-electron chi connectivity index (χ3n) is 3.98. The van der Waals surface area contributed by atoms with Crippen LogP contribution in [-0.4, -0.2) is 21.3 Å². The molecule has 4 heteroatoms. The molecule has 0 amide bonds. The predicted octanol–water partition coefficient (Wildman–Crippen LogP) is 1.35. The monoisotopic (exact) mass is 231 g/mol. The molecule has 1 aromatic carbocycles. The van der Waals surface area contributed by atoms with Crippen LogP contribution >= 0.6 is 0 Å². The van der Waals surface area contributed by atoms with Gasteiger partial charge in [-0.15, -0.1) is 0 Å². The van der Waals surface area contributed by atoms with Crippen molar-refractivity contribution in [2.75, 3.05) is 6.61 Å². The zero-order valence-electron chi connectivity index (χ0n) is 9.93. The van der Waals surface area contributed by atoms with Crippen LogP contribution in [0.25, 0.3) is 11.0 Å². The highest BCUT2D eigenvalue weighted by atomic mass is 16.3. The molecule has 1 aliphatic rings. The van der Waals surface area contributed by atoms with E-state index in [1.807, 2.05) is 29.8 Å². The third-order valence-corrected chi connectivity index (χ3v) is 3.98. The topological polar surface area (TPSA) is 64.1 Å². The summed E-state index contributed by atoms with van der Waals surface area (Å²) in [5.41, 5.74) is 9.31. The molecule has 1 aromatic heterocycles. The van der Waals surface area contributed by atoms with Gasteiger partial charge in [0, 0.05) is 18.5 Å². The van der Waals surface area contributed by atoms with Crippen LogP contribution < -0.4 is 5.73 Å². The highest BCUT2D eigenvalue weighted by Crippen LogP contribution is 2.53. The Morgan fingerprint density at radius 2 is 2.29 bits per heavy atom. The summed E-state index contributed by atoms with van der Waals surface area (Å²) in [6.45, 7) is 0.175. The number of aliphatic hydroxyl groups excluding tert-OH is 1. The van der Waals surface area contributed by atoms with Crippen LogP contribution in [0.5, 0.6) is 0 Å². The maximum Gasteiger partial charge on any atom is 0.0955 e. The first-order valence-corrected chi connectivity index (χ1v) is 5.94. The molecule has 1 unspecified atom stereocenters. The predicted molar refractivity (Wildman–Crippen MR) is 66.4 cm³/mol. The molecular weight excluding hydrogens is 214 g/mol. The van der Waals surface area contributed by atoms with E-state index < -0.39 is 0 Å². The van der Waals surface area contributed by atoms with Crippen LogP contribution in [0.1, 0.15) is 24.4 Å². The highest BCUT2D eigenvalue weighted by molar-refractivity contribution is 5.76. The quantitative estimate of drug-likeness (QED) is 0.838. The summed E-state index contributed by atoms with van der Waals surface area (Å²) in [7, 11) is 1.98. The minimum atomic E-state index is -0.0843. The van der Waals surface area contributed by atoms with Gasteiger partial charge in [-0.05, 0) is 30.5 Å². The molecule has 0 bridgehead atoms. The van der Waals surface area contributed by atoms with Crippen molar-refractivity contribution in [3.8, 4) is 0 Å². The van der Waals surface area contributed by atoms with Gasteiger partial charge < -0.3 is 15.4 Å². The van der Waals surface area contributed by atoms with Gasteiger partial charge in [0.25, 0.3) is 0 Å². The van der Waals surface area contributed by atoms with Gasteiger partial charge in [-0.1, -0.05) is 6.07 Å². The molecule has 0 spiro atoms. The van der Waals surface area contributed by atoms with Crippen molar-refractivity contribution in [2.24, 2.45) is 18.2 Å². The van der Waals surface area contributed by atoms with Crippen molar-refractivity contribution < 1.29 is 5.11 Å². The minimum Gasteiger partial charge on any atom is -0.396 e. The Morgan fingerprint density at radius 1 is 1.53 bits per heavy atom. The van der Waals surface area contributed by atoms with E-state index in [-0.39, 0.29) is 18.1 Å². The lowest BCUT2D eigenvalue weighted by molar-refractivity contribution is 0.188. The second-order valence-corrected chi connectivity index (χ2v) is 5.10. The molecule has 1 aliphatic carbocycles. The van der Waals surface area contributed by atoms with E-state index in [0.717, 1.165) is 29.4 Å². The van der Waals surface area contributed by atoms with Gasteiger partial charge >= 0.3 is 0 Å². The molecule has 1 heterocycles. The Kier molecular flexibility index (Phi) is 2.24. The van der Waals surface area contributed by atoms with Gasteiger partial charge in [-0.2, -0.15) is 0 Å². The summed E-state index contributed by atoms with van der Waals surface area (Å²) < 4.78 is 1.99. The van der Waals surface area contributed by atoms with Gasteiger partial charge in [-0.25, -0.2) is 4.98 Å². The van der Waals surface area contributed by atoms with Gasteiger partial charge in [0.1, 0.15) is 0 Å². The summed E-state index contributed by atoms with van der Waals surface area (Å²) >= 11 is 0. The Morgan fingerprint density at radius 3 is 2.94 bits per heavy atom. The number of imidazole rings is 1. The van der Waals surface area contributed by atoms with Crippen LogP contribution in [0.2, 0.25) is 0 Å². The molecule has 0 aliphatic heterocycles. The molecule has 2 aromatic rings. The van der Waals surface area contributed by atoms with Crippen molar-refractivity contribution in [3.05, 3.63) is 30.1 Å². The standard InChI is InChI=1S/C13H17N3O/c1-16-8-15-10-6-9(2-3-11(10)16)12(14)13(7-17)4-5-13/h2-3,6,8,12,17H,4-5,7,14H2,1H3. The molecule has 0 saturated heterocycles. The highest BCUT2D eigenvalue weighted by Gasteiger charge is 2.47. The van der Waals surface area contributed by atoms with Gasteiger partial charge in [0.2, 0.25) is 0 Å². The van der Waals surface area contributed by atoms with E-state index in [0.29, 0.717) is 0 Å². The minimum absolute atomic E-state index is 0.0809. The third kappa shape index (κ3) is 1.56. The molecule has 1 fully saturated rings. The lowest BCUT2D eigenvalue weighted by Gasteiger charge is -2.21. The maximum absolute atomic E-state index is 9.41. The number of nitrogens with zero attached hydrogens (tertiary/aromatic N) is 2. The van der Waals surface area contributed by atoms with Crippen molar-refractivity contribution in [1.29, 1.82) is 0 Å². The van der Waals surface area contributed by atoms with Crippen molar-refractivity contribution in [2.45, 2.75) is 18.9 Å². The summed E-state index contributed by atoms with van der Waals surface area (Å²) in [4.78, 5) is 4.33. The normalized spacial score (nSPS) is 19.5. The summed E-state index contributed by atoms with van der Waals surface area (Å²) in [6, 6.07) is 6.05. The van der Waals surface area contributed by atoms with Gasteiger partial charge in [0.05, 0.1) is 24.0 Å². The van der Waals surface area contributed by atoms with Crippen LogP contribution in [0, 0.1) is 5.41 Å². The van der Waals surface area contributed by atoms with E-state index in [9.17, 15) is 5.11 Å². The molecule has 3 N–H and O–H groups in total. The zero-order valence-corrected chi connectivity index (χ0v) is 9.93. The smallest absolute Gasteiger partial charge is 0.0955 e. The van der Waals surface area contributed by atoms with E-state index in [2.05, 4.69) is 4.98 Å². The Balaban J connectivity index is 2.00. The van der Waals surface area contributed by atoms with Crippen molar-refractivity contribution in [1.82, 2.24) is 9.55 Å². The van der Waals surface area contributed by atoms with Crippen LogP contribution in [0.3, 0.4) is 0 Å². The Bertz CT molecular complexity index is 557. The number of benzene rings is 1. The summed E-state index contributed by atoms with van der Waals surface area (Å²) in [5, 5.41) is 9.41. The molecule has 3 rings (SSSR count). The molecular formula is C13H17N3O. The van der Waals surface area contributed by atoms with E-state index in [4.69, 9.17) is 5.73 Å². The summed E-state index contributed by atoms with van der Waals surface area (Å²) in [6.07, 6.45) is 3.84. The van der Waals surface area contributed by atoms with Gasteiger partial charge in [-0.3, -0.25) is 0 Å². The first-order chi connectivity index (χ1) is 8.16. The first kappa shape index (κ1) is 10.7. The van der Waals surface area contributed by atoms with E-state index in [1.165, 1.54) is 0 Å². The van der Waals surface area contributed by atoms with E-state index >= 15 is 0 Å². The fourth-order valence-electron chi connectivity index (χ4n) is 2.43. The Labute approximate surface area is 100 Å². The molecule has 1 atom stereocenters. The maximum atomic E-state index is 9.41. The fourth-order valence-corrected chi connectivity index (χ4v) is 2.43. The molecule has 0 radical (unpaired) electrons. The average molecular weight is 231 g/mol. The van der Waals surface area contributed by atoms with E-state index in [1.54, 1.807) is 6.33 Å². The largest absolute Gasteiger partial charge is 0.396 e. The van der Waals surface area contributed by atoms with Gasteiger partial charge in [0.15, 0.2) is 0 Å². The average Bonchev–Trinajstić information content (AvgIpc) is 3.08. The van der Waals surface area contributed by atoms with Crippen molar-refractivity contribution >= 4 is 11.0 Å². The van der Waals surface area contributed by atoms with Crippen molar-refractivity contribution in [3.63, 3.8) is 0 Å². The molecule has 1 saturated carbocycles. The number of fused-ring (bicyclic) bond motifs is 1. The summed E-state index contributed by atoms with van der Waals surface area (Å²) in [5.74, 6) is 0. The van der Waals surface area contributed by atoms with Crippen LogP contribution in [0.4, 0.5) is 0 Å². The number of hydrogen-bond acceptors (Lipinski definition) is 3. The lowest BCUT2D eigenvalue weighted by atomic mass is 9.91. The first-order valence-electron chi connectivity index (χ1n) is 5.94. The number of aromatic nitrogens is 2. The number of rotatable bonds is 3. The second-order valence-electron chi connectivity index (χ2n) is 5.10. The van der Waals surface area contributed by atoms with Crippen LogP contribution in [0.15, 0.2) is 24.5 Å². The molecule has 4 nitrogen and oxygen atoms in total. The lowest BCUT2D eigenvalue weighted by Crippen LogP contribution is -2.25. The number of aryl methyl sites for hydroxylation is 1. The Hall–Kier alpha value is -1.39. The second kappa shape index (κ2) is 3.55. The fraction of sp³-hybridized carbons (Fsp3) is 0.462.